The van der Waals surface area contributed by atoms with Crippen LogP contribution in [0.4, 0.5) is 5.69 Å². The van der Waals surface area contributed by atoms with Crippen LogP contribution in [-0.4, -0.2) is 23.0 Å². The predicted octanol–water partition coefficient (Wildman–Crippen LogP) is 1.30. The molecule has 130 valence electrons. The third kappa shape index (κ3) is 2.56. The molecule has 2 aromatic rings. The number of H-pyrrole nitrogens is 2. The standard InChI is InChI=1S/C18H19N3O4/c1-25-15-14(20-18(24)21-17(15)23)16(22)19-13-11-6-2-4-9(11)8-10-5-3-7-12(10)13/h8H,2-7H2,1H3,(H,19,22)(H2,20,21,23,24). The van der Waals surface area contributed by atoms with Crippen molar-refractivity contribution in [3.8, 4) is 5.75 Å². The van der Waals surface area contributed by atoms with Gasteiger partial charge in [0.1, 0.15) is 0 Å². The lowest BCUT2D eigenvalue weighted by Crippen LogP contribution is -2.29. The number of amides is 1. The maximum absolute atomic E-state index is 12.8. The second-order valence-electron chi connectivity index (χ2n) is 6.50. The minimum atomic E-state index is -0.737. The lowest BCUT2D eigenvalue weighted by Gasteiger charge is -2.16. The Kier molecular flexibility index (Phi) is 3.71. The van der Waals surface area contributed by atoms with E-state index < -0.39 is 17.2 Å². The van der Waals surface area contributed by atoms with Gasteiger partial charge in [0.25, 0.3) is 11.5 Å². The summed E-state index contributed by atoms with van der Waals surface area (Å²) in [5, 5.41) is 2.95. The van der Waals surface area contributed by atoms with Crippen LogP contribution in [0.25, 0.3) is 0 Å². The summed E-state index contributed by atoms with van der Waals surface area (Å²) in [6, 6.07) is 2.27. The van der Waals surface area contributed by atoms with Crippen LogP contribution in [0.2, 0.25) is 0 Å². The second-order valence-corrected chi connectivity index (χ2v) is 6.50. The number of methoxy groups -OCH3 is 1. The fourth-order valence-corrected chi connectivity index (χ4v) is 3.97. The number of aryl methyl sites for hydroxylation is 2. The smallest absolute Gasteiger partial charge is 0.326 e. The second kappa shape index (κ2) is 5.91. The van der Waals surface area contributed by atoms with Gasteiger partial charge in [0.05, 0.1) is 7.11 Å². The van der Waals surface area contributed by atoms with Crippen molar-refractivity contribution < 1.29 is 9.53 Å². The van der Waals surface area contributed by atoms with Crippen LogP contribution >= 0.6 is 0 Å². The summed E-state index contributed by atoms with van der Waals surface area (Å²) >= 11 is 0. The van der Waals surface area contributed by atoms with Crippen molar-refractivity contribution in [2.45, 2.75) is 38.5 Å². The van der Waals surface area contributed by atoms with Crippen molar-refractivity contribution in [2.75, 3.05) is 12.4 Å². The monoisotopic (exact) mass is 341 g/mol. The molecule has 0 unspecified atom stereocenters. The highest BCUT2D eigenvalue weighted by atomic mass is 16.5. The van der Waals surface area contributed by atoms with E-state index in [1.165, 1.54) is 29.4 Å². The first kappa shape index (κ1) is 15.7. The van der Waals surface area contributed by atoms with Gasteiger partial charge in [-0.15, -0.1) is 0 Å². The molecule has 1 heterocycles. The quantitative estimate of drug-likeness (QED) is 0.783. The van der Waals surface area contributed by atoms with E-state index >= 15 is 0 Å². The molecule has 7 heteroatoms. The molecule has 0 radical (unpaired) electrons. The average molecular weight is 341 g/mol. The Morgan fingerprint density at radius 3 is 2.28 bits per heavy atom. The number of aromatic amines is 2. The normalized spacial score (nSPS) is 14.9. The molecule has 4 rings (SSSR count). The van der Waals surface area contributed by atoms with E-state index in [1.54, 1.807) is 0 Å². The number of hydrogen-bond acceptors (Lipinski definition) is 4. The van der Waals surface area contributed by atoms with Gasteiger partial charge in [-0.25, -0.2) is 4.79 Å². The highest BCUT2D eigenvalue weighted by Crippen LogP contribution is 2.38. The average Bonchev–Trinajstić information content (AvgIpc) is 3.22. The van der Waals surface area contributed by atoms with E-state index in [0.717, 1.165) is 44.2 Å². The Morgan fingerprint density at radius 2 is 1.68 bits per heavy atom. The molecule has 0 atom stereocenters. The van der Waals surface area contributed by atoms with Crippen LogP contribution in [0.15, 0.2) is 15.7 Å². The number of rotatable bonds is 3. The zero-order valence-corrected chi connectivity index (χ0v) is 14.0. The van der Waals surface area contributed by atoms with Crippen LogP contribution in [0.1, 0.15) is 45.6 Å². The van der Waals surface area contributed by atoms with E-state index in [4.69, 9.17) is 4.74 Å². The van der Waals surface area contributed by atoms with Crippen LogP contribution in [-0.2, 0) is 25.7 Å². The summed E-state index contributed by atoms with van der Waals surface area (Å²) < 4.78 is 5.00. The van der Waals surface area contributed by atoms with Gasteiger partial charge in [0, 0.05) is 5.69 Å². The van der Waals surface area contributed by atoms with E-state index in [2.05, 4.69) is 21.4 Å². The largest absolute Gasteiger partial charge is 0.489 e. The molecule has 7 nitrogen and oxygen atoms in total. The number of hydrogen-bond donors (Lipinski definition) is 3. The number of fused-ring (bicyclic) bond motifs is 2. The Bertz CT molecular complexity index is 955. The summed E-state index contributed by atoms with van der Waals surface area (Å²) in [7, 11) is 1.29. The highest BCUT2D eigenvalue weighted by Gasteiger charge is 2.26. The van der Waals surface area contributed by atoms with E-state index in [9.17, 15) is 14.4 Å². The molecule has 1 aromatic heterocycles. The Morgan fingerprint density at radius 1 is 1.04 bits per heavy atom. The fourth-order valence-electron chi connectivity index (χ4n) is 3.97. The fraction of sp³-hybridized carbons (Fsp3) is 0.389. The van der Waals surface area contributed by atoms with Gasteiger partial charge in [-0.2, -0.15) is 0 Å². The molecule has 0 bridgehead atoms. The van der Waals surface area contributed by atoms with Gasteiger partial charge in [-0.05, 0) is 60.8 Å². The molecule has 1 aromatic carbocycles. The van der Waals surface area contributed by atoms with Gasteiger partial charge in [-0.3, -0.25) is 19.6 Å². The summed E-state index contributed by atoms with van der Waals surface area (Å²) in [4.78, 5) is 40.6. The number of anilines is 1. The molecule has 0 saturated carbocycles. The lowest BCUT2D eigenvalue weighted by molar-refractivity contribution is 0.101. The maximum Gasteiger partial charge on any atom is 0.326 e. The number of ether oxygens (including phenoxy) is 1. The molecular weight excluding hydrogens is 322 g/mol. The molecule has 1 amide bonds. The first-order valence-corrected chi connectivity index (χ1v) is 8.47. The van der Waals surface area contributed by atoms with Gasteiger partial charge >= 0.3 is 5.69 Å². The third-order valence-electron chi connectivity index (χ3n) is 5.04. The number of carbonyl (C=O) groups is 1. The van der Waals surface area contributed by atoms with Gasteiger partial charge in [0.2, 0.25) is 5.75 Å². The third-order valence-corrected chi connectivity index (χ3v) is 5.04. The molecule has 0 fully saturated rings. The Hall–Kier alpha value is -2.83. The van der Waals surface area contributed by atoms with Gasteiger partial charge in [-0.1, -0.05) is 6.07 Å². The molecular formula is C18H19N3O4. The zero-order valence-electron chi connectivity index (χ0n) is 14.0. The molecule has 0 aliphatic heterocycles. The number of benzene rings is 1. The van der Waals surface area contributed by atoms with Gasteiger partial charge < -0.3 is 10.1 Å². The minimum Gasteiger partial charge on any atom is -0.489 e. The van der Waals surface area contributed by atoms with Crippen LogP contribution in [0.3, 0.4) is 0 Å². The van der Waals surface area contributed by atoms with E-state index in [1.807, 2.05) is 0 Å². The summed E-state index contributed by atoms with van der Waals surface area (Å²) in [6.45, 7) is 0. The lowest BCUT2D eigenvalue weighted by atomic mass is 9.98. The highest BCUT2D eigenvalue weighted by molar-refractivity contribution is 6.05. The van der Waals surface area contributed by atoms with Crippen molar-refractivity contribution in [3.63, 3.8) is 0 Å². The molecule has 0 spiro atoms. The zero-order chi connectivity index (χ0) is 17.6. The molecule has 2 aliphatic rings. The topological polar surface area (TPSA) is 104 Å². The van der Waals surface area contributed by atoms with Crippen molar-refractivity contribution in [1.29, 1.82) is 0 Å². The van der Waals surface area contributed by atoms with Crippen LogP contribution < -0.4 is 21.3 Å². The number of aromatic nitrogens is 2. The SMILES string of the molecule is COc1c(C(=O)Nc2c3c(cc4c2CCC4)CCC3)[nH]c(=O)[nH]c1=O. The van der Waals surface area contributed by atoms with Gasteiger partial charge in [0.15, 0.2) is 5.69 Å². The molecule has 2 aliphatic carbocycles. The van der Waals surface area contributed by atoms with Crippen LogP contribution in [0.5, 0.6) is 5.75 Å². The van der Waals surface area contributed by atoms with E-state index in [0.29, 0.717) is 0 Å². The maximum atomic E-state index is 12.8. The Labute approximate surface area is 143 Å². The molecule has 3 N–H and O–H groups in total. The van der Waals surface area contributed by atoms with Crippen LogP contribution in [0, 0.1) is 0 Å². The first-order chi connectivity index (χ1) is 12.1. The van der Waals surface area contributed by atoms with Crippen molar-refractivity contribution >= 4 is 11.6 Å². The predicted molar refractivity (Wildman–Crippen MR) is 92.7 cm³/mol. The molecule has 0 saturated heterocycles. The summed E-state index contributed by atoms with van der Waals surface area (Å²) in [6.07, 6.45) is 6.06. The molecule has 25 heavy (non-hydrogen) atoms. The number of carbonyl (C=O) groups excluding carboxylic acids is 1. The van der Waals surface area contributed by atoms with Crippen molar-refractivity contribution in [3.05, 3.63) is 54.9 Å². The number of nitrogens with one attached hydrogen (secondary N) is 3. The first-order valence-electron chi connectivity index (χ1n) is 8.47. The van der Waals surface area contributed by atoms with Crippen molar-refractivity contribution in [2.24, 2.45) is 0 Å². The summed E-state index contributed by atoms with van der Waals surface area (Å²) in [5.74, 6) is -0.726. The van der Waals surface area contributed by atoms with Crippen molar-refractivity contribution in [1.82, 2.24) is 9.97 Å². The minimum absolute atomic E-state index is 0.154. The summed E-state index contributed by atoms with van der Waals surface area (Å²) in [5.41, 5.74) is 4.19. The Balaban J connectivity index is 1.79. The van der Waals surface area contributed by atoms with E-state index in [-0.39, 0.29) is 11.4 Å².